The third kappa shape index (κ3) is 3.69. The molecule has 2 aliphatic rings. The van der Waals surface area contributed by atoms with Crippen LogP contribution in [-0.2, 0) is 0 Å². The van der Waals surface area contributed by atoms with Crippen molar-refractivity contribution in [3.05, 3.63) is 0 Å². The first-order chi connectivity index (χ1) is 8.16. The molecule has 0 bridgehead atoms. The molecule has 0 aromatic carbocycles. The third-order valence-electron chi connectivity index (χ3n) is 4.91. The van der Waals surface area contributed by atoms with Crippen molar-refractivity contribution in [2.24, 2.45) is 11.8 Å². The average Bonchev–Trinajstić information content (AvgIpc) is 2.77. The van der Waals surface area contributed by atoms with Gasteiger partial charge in [-0.2, -0.15) is 0 Å². The normalized spacial score (nSPS) is 35.6. The van der Waals surface area contributed by atoms with E-state index in [1.165, 1.54) is 51.7 Å². The summed E-state index contributed by atoms with van der Waals surface area (Å²) in [4.78, 5) is 2.60. The zero-order valence-corrected chi connectivity index (χ0v) is 11.9. The van der Waals surface area contributed by atoms with Crippen LogP contribution in [0.25, 0.3) is 0 Å². The van der Waals surface area contributed by atoms with Gasteiger partial charge >= 0.3 is 0 Å². The van der Waals surface area contributed by atoms with Crippen LogP contribution in [0.3, 0.4) is 0 Å². The van der Waals surface area contributed by atoms with E-state index in [1.54, 1.807) is 0 Å². The predicted octanol–water partition coefficient (Wildman–Crippen LogP) is 2.89. The number of likely N-dealkylation sites (tertiary alicyclic amines) is 1. The lowest BCUT2D eigenvalue weighted by molar-refractivity contribution is 0.234. The van der Waals surface area contributed by atoms with E-state index < -0.39 is 0 Å². The number of rotatable bonds is 4. The fraction of sp³-hybridized carbons (Fsp3) is 1.00. The molecule has 17 heavy (non-hydrogen) atoms. The van der Waals surface area contributed by atoms with Crippen LogP contribution in [0.15, 0.2) is 0 Å². The second-order valence-corrected chi connectivity index (χ2v) is 6.50. The molecule has 3 atom stereocenters. The average molecular weight is 238 g/mol. The fourth-order valence-electron chi connectivity index (χ4n) is 3.44. The van der Waals surface area contributed by atoms with Gasteiger partial charge in [-0.15, -0.1) is 0 Å². The van der Waals surface area contributed by atoms with Crippen LogP contribution in [0.5, 0.6) is 0 Å². The third-order valence-corrected chi connectivity index (χ3v) is 4.91. The highest BCUT2D eigenvalue weighted by atomic mass is 15.2. The summed E-state index contributed by atoms with van der Waals surface area (Å²) in [6, 6.07) is 1.47. The van der Waals surface area contributed by atoms with Crippen molar-refractivity contribution in [3.63, 3.8) is 0 Å². The highest BCUT2D eigenvalue weighted by molar-refractivity contribution is 4.84. The zero-order valence-electron chi connectivity index (χ0n) is 11.9. The maximum Gasteiger partial charge on any atom is 0.0207 e. The monoisotopic (exact) mass is 238 g/mol. The number of nitrogens with zero attached hydrogens (tertiary/aromatic N) is 1. The van der Waals surface area contributed by atoms with Gasteiger partial charge in [0.15, 0.2) is 0 Å². The molecule has 2 rings (SSSR count). The van der Waals surface area contributed by atoms with E-state index in [9.17, 15) is 0 Å². The van der Waals surface area contributed by atoms with Gasteiger partial charge in [-0.05, 0) is 51.6 Å². The van der Waals surface area contributed by atoms with Crippen LogP contribution in [0.2, 0.25) is 0 Å². The molecule has 1 heterocycles. The first-order valence-electron chi connectivity index (χ1n) is 7.64. The summed E-state index contributed by atoms with van der Waals surface area (Å²) in [5, 5.41) is 3.82. The molecule has 0 amide bonds. The molecular formula is C15H30N2. The highest BCUT2D eigenvalue weighted by Crippen LogP contribution is 2.29. The molecule has 2 heteroatoms. The summed E-state index contributed by atoms with van der Waals surface area (Å²) in [7, 11) is 0. The molecule has 2 fully saturated rings. The summed E-state index contributed by atoms with van der Waals surface area (Å²) in [5.74, 6) is 1.88. The Bertz CT molecular complexity index is 227. The number of hydrogen-bond acceptors (Lipinski definition) is 2. The predicted molar refractivity (Wildman–Crippen MR) is 74.2 cm³/mol. The summed E-state index contributed by atoms with van der Waals surface area (Å²) >= 11 is 0. The Morgan fingerprint density at radius 2 is 1.94 bits per heavy atom. The van der Waals surface area contributed by atoms with Gasteiger partial charge in [0.1, 0.15) is 0 Å². The molecule has 2 nitrogen and oxygen atoms in total. The first-order valence-corrected chi connectivity index (χ1v) is 7.64. The van der Waals surface area contributed by atoms with Gasteiger partial charge in [-0.25, -0.2) is 0 Å². The van der Waals surface area contributed by atoms with E-state index in [0.717, 1.165) is 23.9 Å². The van der Waals surface area contributed by atoms with E-state index in [0.29, 0.717) is 0 Å². The van der Waals surface area contributed by atoms with E-state index in [4.69, 9.17) is 0 Å². The Kier molecular flexibility index (Phi) is 4.87. The second-order valence-electron chi connectivity index (χ2n) is 6.50. The van der Waals surface area contributed by atoms with Crippen molar-refractivity contribution in [1.82, 2.24) is 10.2 Å². The fourth-order valence-corrected chi connectivity index (χ4v) is 3.44. The maximum absolute atomic E-state index is 3.82. The summed E-state index contributed by atoms with van der Waals surface area (Å²) < 4.78 is 0. The second kappa shape index (κ2) is 6.19. The van der Waals surface area contributed by atoms with Crippen LogP contribution in [0.4, 0.5) is 0 Å². The molecule has 1 N–H and O–H groups in total. The number of hydrogen-bond donors (Lipinski definition) is 1. The smallest absolute Gasteiger partial charge is 0.0207 e. The van der Waals surface area contributed by atoms with E-state index >= 15 is 0 Å². The summed E-state index contributed by atoms with van der Waals surface area (Å²) in [6.45, 7) is 10.9. The van der Waals surface area contributed by atoms with Gasteiger partial charge in [0.25, 0.3) is 0 Å². The molecule has 1 aliphatic heterocycles. The van der Waals surface area contributed by atoms with Crippen molar-refractivity contribution in [3.8, 4) is 0 Å². The SMILES string of the molecule is CC1CCCCC1CNC1CCN(C(C)C)C1. The Morgan fingerprint density at radius 1 is 1.18 bits per heavy atom. The molecule has 0 aromatic rings. The molecular weight excluding hydrogens is 208 g/mol. The topological polar surface area (TPSA) is 15.3 Å². The minimum atomic E-state index is 0.718. The molecule has 1 aliphatic carbocycles. The van der Waals surface area contributed by atoms with Crippen LogP contribution in [-0.4, -0.2) is 36.6 Å². The van der Waals surface area contributed by atoms with Crippen molar-refractivity contribution >= 4 is 0 Å². The molecule has 0 radical (unpaired) electrons. The quantitative estimate of drug-likeness (QED) is 0.810. The van der Waals surface area contributed by atoms with Crippen LogP contribution in [0.1, 0.15) is 52.9 Å². The van der Waals surface area contributed by atoms with E-state index in [-0.39, 0.29) is 0 Å². The van der Waals surface area contributed by atoms with E-state index in [1.807, 2.05) is 0 Å². The molecule has 1 saturated heterocycles. The number of nitrogens with one attached hydrogen (secondary N) is 1. The molecule has 100 valence electrons. The summed E-state index contributed by atoms with van der Waals surface area (Å²) in [5.41, 5.74) is 0. The largest absolute Gasteiger partial charge is 0.312 e. The molecule has 1 saturated carbocycles. The van der Waals surface area contributed by atoms with Crippen molar-refractivity contribution < 1.29 is 0 Å². The Morgan fingerprint density at radius 3 is 2.59 bits per heavy atom. The Hall–Kier alpha value is -0.0800. The standard InChI is InChI=1S/C15H30N2/c1-12(2)17-9-8-15(11-17)16-10-14-7-5-4-6-13(14)3/h12-16H,4-11H2,1-3H3. The maximum atomic E-state index is 3.82. The zero-order chi connectivity index (χ0) is 12.3. The minimum Gasteiger partial charge on any atom is -0.312 e. The molecule has 3 unspecified atom stereocenters. The van der Waals surface area contributed by atoms with Gasteiger partial charge < -0.3 is 5.32 Å². The lowest BCUT2D eigenvalue weighted by atomic mass is 9.80. The highest BCUT2D eigenvalue weighted by Gasteiger charge is 2.26. The van der Waals surface area contributed by atoms with E-state index in [2.05, 4.69) is 31.0 Å². The first kappa shape index (κ1) is 13.4. The van der Waals surface area contributed by atoms with Gasteiger partial charge in [0.05, 0.1) is 0 Å². The molecule has 0 spiro atoms. The van der Waals surface area contributed by atoms with Gasteiger partial charge in [0.2, 0.25) is 0 Å². The van der Waals surface area contributed by atoms with Gasteiger partial charge in [0, 0.05) is 18.6 Å². The summed E-state index contributed by atoms with van der Waals surface area (Å²) in [6.07, 6.45) is 7.17. The minimum absolute atomic E-state index is 0.718. The van der Waals surface area contributed by atoms with Crippen molar-refractivity contribution in [2.45, 2.75) is 65.0 Å². The van der Waals surface area contributed by atoms with Gasteiger partial charge in [-0.3, -0.25) is 4.90 Å². The van der Waals surface area contributed by atoms with Crippen molar-refractivity contribution in [2.75, 3.05) is 19.6 Å². The van der Waals surface area contributed by atoms with Crippen LogP contribution >= 0.6 is 0 Å². The Balaban J connectivity index is 1.68. The lowest BCUT2D eigenvalue weighted by Gasteiger charge is -2.30. The van der Waals surface area contributed by atoms with Crippen LogP contribution in [0, 0.1) is 11.8 Å². The molecule has 0 aromatic heterocycles. The van der Waals surface area contributed by atoms with Crippen LogP contribution < -0.4 is 5.32 Å². The Labute approximate surface area is 107 Å². The van der Waals surface area contributed by atoms with Crippen molar-refractivity contribution in [1.29, 1.82) is 0 Å². The van der Waals surface area contributed by atoms with Gasteiger partial charge in [-0.1, -0.05) is 26.2 Å². The lowest BCUT2D eigenvalue weighted by Crippen LogP contribution is -2.39.